The van der Waals surface area contributed by atoms with Crippen molar-refractivity contribution in [3.63, 3.8) is 0 Å². The summed E-state index contributed by atoms with van der Waals surface area (Å²) in [6.07, 6.45) is 1.72. The third kappa shape index (κ3) is 3.82. The molecule has 1 fully saturated rings. The average molecular weight is 467 g/mol. The van der Waals surface area contributed by atoms with Gasteiger partial charge in [0, 0.05) is 30.7 Å². The second kappa shape index (κ2) is 7.96. The molecule has 5 rings (SSSR count). The lowest BCUT2D eigenvalue weighted by atomic mass is 10.2. The van der Waals surface area contributed by atoms with Crippen molar-refractivity contribution in [2.75, 3.05) is 0 Å². The fourth-order valence-corrected chi connectivity index (χ4v) is 3.77. The molecule has 0 saturated heterocycles. The van der Waals surface area contributed by atoms with Gasteiger partial charge in [0.25, 0.3) is 11.5 Å². The van der Waals surface area contributed by atoms with E-state index in [1.165, 1.54) is 30.8 Å². The second-order valence-electron chi connectivity index (χ2n) is 7.95. The van der Waals surface area contributed by atoms with E-state index < -0.39 is 11.2 Å². The van der Waals surface area contributed by atoms with Crippen LogP contribution in [-0.4, -0.2) is 41.2 Å². The van der Waals surface area contributed by atoms with Crippen molar-refractivity contribution in [3.8, 4) is 11.5 Å². The monoisotopic (exact) mass is 466 g/mol. The number of carbonyl (C=O) groups excluding carboxylic acids is 1. The molecule has 1 aliphatic carbocycles. The minimum Gasteiger partial charge on any atom is -0.419 e. The molecule has 0 unspecified atom stereocenters. The predicted octanol–water partition coefficient (Wildman–Crippen LogP) is 2.14. The summed E-state index contributed by atoms with van der Waals surface area (Å²) in [4.78, 5) is 44.0. The molecule has 0 spiro atoms. The van der Waals surface area contributed by atoms with Gasteiger partial charge in [-0.2, -0.15) is 0 Å². The molecule has 10 nitrogen and oxygen atoms in total. The number of carbonyl (C=O) groups is 1. The summed E-state index contributed by atoms with van der Waals surface area (Å²) in [5, 5.41) is 9.02. The van der Waals surface area contributed by atoms with E-state index in [-0.39, 0.29) is 35.2 Å². The zero-order valence-electron chi connectivity index (χ0n) is 17.9. The maximum atomic E-state index is 13.3. The van der Waals surface area contributed by atoms with Gasteiger partial charge in [0.05, 0.1) is 11.9 Å². The Balaban J connectivity index is 1.45. The SMILES string of the molecule is Cn1c(=O)c2ccc(C(=O)N(Cc3nnc(-c4ccc(Cl)cc4)o3)C3CC3)nc2n(C)c1=O. The van der Waals surface area contributed by atoms with Crippen LogP contribution in [0.15, 0.2) is 50.4 Å². The molecule has 0 bridgehead atoms. The first kappa shape index (κ1) is 21.1. The van der Waals surface area contributed by atoms with Crippen LogP contribution in [0, 0.1) is 0 Å². The number of halogens is 1. The summed E-state index contributed by atoms with van der Waals surface area (Å²) >= 11 is 5.93. The van der Waals surface area contributed by atoms with Gasteiger partial charge in [0.1, 0.15) is 11.3 Å². The van der Waals surface area contributed by atoms with Gasteiger partial charge in [-0.3, -0.25) is 18.7 Å². The summed E-state index contributed by atoms with van der Waals surface area (Å²) in [6.45, 7) is 0.124. The number of aromatic nitrogens is 5. The molecule has 0 atom stereocenters. The van der Waals surface area contributed by atoms with Crippen molar-refractivity contribution >= 4 is 28.5 Å². The van der Waals surface area contributed by atoms with E-state index in [0.29, 0.717) is 16.8 Å². The van der Waals surface area contributed by atoms with Crippen LogP contribution < -0.4 is 11.2 Å². The number of rotatable bonds is 5. The van der Waals surface area contributed by atoms with E-state index in [4.69, 9.17) is 16.0 Å². The van der Waals surface area contributed by atoms with E-state index in [9.17, 15) is 14.4 Å². The Morgan fingerprint density at radius 1 is 1.09 bits per heavy atom. The third-order valence-electron chi connectivity index (χ3n) is 5.63. The van der Waals surface area contributed by atoms with Crippen LogP contribution in [-0.2, 0) is 20.6 Å². The summed E-state index contributed by atoms with van der Waals surface area (Å²) in [5.74, 6) is 0.292. The minimum atomic E-state index is -0.510. The van der Waals surface area contributed by atoms with Crippen LogP contribution >= 0.6 is 11.6 Å². The Hall–Kier alpha value is -3.79. The largest absolute Gasteiger partial charge is 0.419 e. The van der Waals surface area contributed by atoms with Crippen LogP contribution in [0.3, 0.4) is 0 Å². The Bertz CT molecular complexity index is 1500. The van der Waals surface area contributed by atoms with E-state index in [2.05, 4.69) is 15.2 Å². The van der Waals surface area contributed by atoms with Crippen LogP contribution in [0.5, 0.6) is 0 Å². The summed E-state index contributed by atoms with van der Waals surface area (Å²) in [6, 6.07) is 10.1. The molecule has 0 N–H and O–H groups in total. The molecule has 4 aromatic rings. The van der Waals surface area contributed by atoms with Crippen molar-refractivity contribution < 1.29 is 9.21 Å². The molecule has 3 aromatic heterocycles. The molecule has 1 amide bonds. The van der Waals surface area contributed by atoms with E-state index in [1.807, 2.05) is 0 Å². The average Bonchev–Trinajstić information content (AvgIpc) is 3.57. The number of pyridine rings is 1. The Kier molecular flexibility index (Phi) is 5.09. The fraction of sp³-hybridized carbons (Fsp3) is 0.273. The molecule has 168 valence electrons. The highest BCUT2D eigenvalue weighted by atomic mass is 35.5. The molecule has 3 heterocycles. The summed E-state index contributed by atoms with van der Waals surface area (Å²) < 4.78 is 8.03. The first-order chi connectivity index (χ1) is 15.8. The van der Waals surface area contributed by atoms with Gasteiger partial charge in [-0.25, -0.2) is 9.78 Å². The molecular weight excluding hydrogens is 448 g/mol. The van der Waals surface area contributed by atoms with Gasteiger partial charge in [-0.15, -0.1) is 10.2 Å². The van der Waals surface area contributed by atoms with Crippen LogP contribution in [0.4, 0.5) is 0 Å². The van der Waals surface area contributed by atoms with Gasteiger partial charge in [-0.1, -0.05) is 11.6 Å². The molecule has 33 heavy (non-hydrogen) atoms. The molecule has 1 aliphatic rings. The number of aryl methyl sites for hydroxylation is 1. The van der Waals surface area contributed by atoms with Gasteiger partial charge >= 0.3 is 5.69 Å². The lowest BCUT2D eigenvalue weighted by Gasteiger charge is -2.20. The Labute approximate surface area is 192 Å². The summed E-state index contributed by atoms with van der Waals surface area (Å²) in [5.41, 5.74) is 0.0484. The highest BCUT2D eigenvalue weighted by Crippen LogP contribution is 2.30. The van der Waals surface area contributed by atoms with Crippen LogP contribution in [0.1, 0.15) is 29.2 Å². The standard InChI is InChI=1S/C22H19ClN6O4/c1-27-18-15(20(30)28(2)22(27)32)9-10-16(24-18)21(31)29(14-7-8-14)11-17-25-26-19(33-17)12-3-5-13(23)6-4-12/h3-6,9-10,14H,7-8,11H2,1-2H3. The molecule has 0 radical (unpaired) electrons. The molecule has 1 aromatic carbocycles. The molecule has 11 heteroatoms. The summed E-state index contributed by atoms with van der Waals surface area (Å²) in [7, 11) is 2.92. The van der Waals surface area contributed by atoms with Crippen molar-refractivity contribution in [2.24, 2.45) is 14.1 Å². The number of hydrogen-bond acceptors (Lipinski definition) is 7. The lowest BCUT2D eigenvalue weighted by Crippen LogP contribution is -2.38. The lowest BCUT2D eigenvalue weighted by molar-refractivity contribution is 0.0709. The zero-order chi connectivity index (χ0) is 23.3. The Morgan fingerprint density at radius 2 is 1.82 bits per heavy atom. The topological polar surface area (TPSA) is 116 Å². The van der Waals surface area contributed by atoms with Crippen LogP contribution in [0.2, 0.25) is 5.02 Å². The minimum absolute atomic E-state index is 0.0355. The molecule has 1 saturated carbocycles. The number of hydrogen-bond donors (Lipinski definition) is 0. The van der Waals surface area contributed by atoms with E-state index >= 15 is 0 Å². The van der Waals surface area contributed by atoms with Crippen molar-refractivity contribution in [1.29, 1.82) is 0 Å². The highest BCUT2D eigenvalue weighted by molar-refractivity contribution is 6.30. The zero-order valence-corrected chi connectivity index (χ0v) is 18.6. The van der Waals surface area contributed by atoms with Crippen molar-refractivity contribution in [2.45, 2.75) is 25.4 Å². The quantitative estimate of drug-likeness (QED) is 0.442. The number of fused-ring (bicyclic) bond motifs is 1. The van der Waals surface area contributed by atoms with E-state index in [1.54, 1.807) is 29.2 Å². The maximum Gasteiger partial charge on any atom is 0.332 e. The number of benzene rings is 1. The smallest absolute Gasteiger partial charge is 0.332 e. The van der Waals surface area contributed by atoms with Gasteiger partial charge < -0.3 is 9.32 Å². The highest BCUT2D eigenvalue weighted by Gasteiger charge is 2.35. The molecular formula is C22H19ClN6O4. The first-order valence-corrected chi connectivity index (χ1v) is 10.7. The van der Waals surface area contributed by atoms with Crippen molar-refractivity contribution in [1.82, 2.24) is 29.2 Å². The predicted molar refractivity (Wildman–Crippen MR) is 120 cm³/mol. The first-order valence-electron chi connectivity index (χ1n) is 10.3. The van der Waals surface area contributed by atoms with Gasteiger partial charge in [0.15, 0.2) is 0 Å². The second-order valence-corrected chi connectivity index (χ2v) is 8.38. The number of nitrogens with zero attached hydrogens (tertiary/aromatic N) is 6. The maximum absolute atomic E-state index is 13.3. The van der Waals surface area contributed by atoms with Gasteiger partial charge in [0.2, 0.25) is 11.8 Å². The van der Waals surface area contributed by atoms with Gasteiger partial charge in [-0.05, 0) is 49.2 Å². The Morgan fingerprint density at radius 3 is 2.52 bits per heavy atom. The third-order valence-corrected chi connectivity index (χ3v) is 5.88. The van der Waals surface area contributed by atoms with E-state index in [0.717, 1.165) is 23.0 Å². The number of amides is 1. The van der Waals surface area contributed by atoms with Crippen molar-refractivity contribution in [3.05, 3.63) is 73.8 Å². The molecule has 0 aliphatic heterocycles. The fourth-order valence-electron chi connectivity index (χ4n) is 3.65. The van der Waals surface area contributed by atoms with Crippen LogP contribution in [0.25, 0.3) is 22.5 Å². The normalized spacial score (nSPS) is 13.4.